The van der Waals surface area contributed by atoms with Crippen LogP contribution in [0.3, 0.4) is 0 Å². The number of hydrogen-bond donors (Lipinski definition) is 0. The maximum Gasteiger partial charge on any atom is 0.318 e. The molecular weight excluding hydrogens is 292 g/mol. The molecule has 1 aliphatic rings. The average molecular weight is 312 g/mol. The third-order valence-corrected chi connectivity index (χ3v) is 4.39. The van der Waals surface area contributed by atoms with Crippen LogP contribution in [0.25, 0.3) is 5.65 Å². The summed E-state index contributed by atoms with van der Waals surface area (Å²) >= 11 is 0. The molecule has 1 fully saturated rings. The van der Waals surface area contributed by atoms with E-state index in [0.29, 0.717) is 11.9 Å². The van der Waals surface area contributed by atoms with Gasteiger partial charge in [0.25, 0.3) is 0 Å². The molecule has 0 spiro atoms. The van der Waals surface area contributed by atoms with Crippen LogP contribution in [0.15, 0.2) is 28.8 Å². The molecule has 7 heteroatoms. The zero-order chi connectivity index (χ0) is 15.6. The van der Waals surface area contributed by atoms with Crippen molar-refractivity contribution in [2.75, 3.05) is 18.0 Å². The molecule has 0 amide bonds. The van der Waals surface area contributed by atoms with Crippen molar-refractivity contribution < 1.29 is 4.42 Å². The molecule has 0 atom stereocenters. The van der Waals surface area contributed by atoms with Gasteiger partial charge in [0, 0.05) is 31.6 Å². The Labute approximate surface area is 134 Å². The number of aromatic nitrogens is 5. The van der Waals surface area contributed by atoms with Gasteiger partial charge in [0.1, 0.15) is 5.82 Å². The molecule has 1 aliphatic heterocycles. The highest BCUT2D eigenvalue weighted by Crippen LogP contribution is 2.29. The van der Waals surface area contributed by atoms with Crippen molar-refractivity contribution in [1.29, 1.82) is 0 Å². The zero-order valence-corrected chi connectivity index (χ0v) is 13.2. The van der Waals surface area contributed by atoms with Crippen LogP contribution in [0.4, 0.5) is 6.01 Å². The molecule has 120 valence electrons. The van der Waals surface area contributed by atoms with E-state index in [4.69, 9.17) is 4.42 Å². The zero-order valence-electron chi connectivity index (χ0n) is 13.2. The standard InChI is InChI=1S/C16H20N6O/c1-2-5-14-18-20-16(23-14)21-10-7-12(8-11-21)15-19-17-13-6-3-4-9-22(13)15/h3-4,6,9,12H,2,5,7-8,10-11H2,1H3. The molecular formula is C16H20N6O. The number of nitrogens with zero attached hydrogens (tertiary/aromatic N) is 6. The molecule has 23 heavy (non-hydrogen) atoms. The number of rotatable bonds is 4. The molecule has 0 aliphatic carbocycles. The molecule has 0 bridgehead atoms. The van der Waals surface area contributed by atoms with Crippen molar-refractivity contribution in [3.05, 3.63) is 36.1 Å². The summed E-state index contributed by atoms with van der Waals surface area (Å²) < 4.78 is 7.82. The van der Waals surface area contributed by atoms with E-state index in [9.17, 15) is 0 Å². The number of fused-ring (bicyclic) bond motifs is 1. The topological polar surface area (TPSA) is 72.4 Å². The molecule has 0 N–H and O–H groups in total. The molecule has 4 heterocycles. The first-order valence-corrected chi connectivity index (χ1v) is 8.22. The van der Waals surface area contributed by atoms with Crippen LogP contribution < -0.4 is 4.90 Å². The van der Waals surface area contributed by atoms with Crippen LogP contribution in [0.2, 0.25) is 0 Å². The van der Waals surface area contributed by atoms with Crippen LogP contribution in [0.1, 0.15) is 43.8 Å². The van der Waals surface area contributed by atoms with Crippen molar-refractivity contribution in [3.8, 4) is 0 Å². The van der Waals surface area contributed by atoms with Crippen LogP contribution in [0.5, 0.6) is 0 Å². The summed E-state index contributed by atoms with van der Waals surface area (Å²) in [5, 5.41) is 16.9. The second kappa shape index (κ2) is 5.98. The normalized spacial score (nSPS) is 16.3. The second-order valence-corrected chi connectivity index (χ2v) is 5.98. The predicted molar refractivity (Wildman–Crippen MR) is 85.5 cm³/mol. The molecule has 4 rings (SSSR count). The molecule has 0 aromatic carbocycles. The van der Waals surface area contributed by atoms with Gasteiger partial charge in [0.15, 0.2) is 5.65 Å². The minimum absolute atomic E-state index is 0.418. The Bertz CT molecular complexity index is 787. The van der Waals surface area contributed by atoms with E-state index in [1.165, 1.54) is 0 Å². The fourth-order valence-electron chi connectivity index (χ4n) is 3.15. The van der Waals surface area contributed by atoms with E-state index >= 15 is 0 Å². The summed E-state index contributed by atoms with van der Waals surface area (Å²) in [4.78, 5) is 2.17. The lowest BCUT2D eigenvalue weighted by molar-refractivity contribution is 0.431. The van der Waals surface area contributed by atoms with E-state index in [1.54, 1.807) is 0 Å². The third kappa shape index (κ3) is 2.67. The Morgan fingerprint density at radius 2 is 2.00 bits per heavy atom. The van der Waals surface area contributed by atoms with Crippen molar-refractivity contribution in [3.63, 3.8) is 0 Å². The lowest BCUT2D eigenvalue weighted by atomic mass is 9.96. The summed E-state index contributed by atoms with van der Waals surface area (Å²) in [5.41, 5.74) is 0.908. The van der Waals surface area contributed by atoms with E-state index in [-0.39, 0.29) is 0 Å². The first-order valence-electron chi connectivity index (χ1n) is 8.22. The van der Waals surface area contributed by atoms with E-state index < -0.39 is 0 Å². The van der Waals surface area contributed by atoms with Gasteiger partial charge in [-0.3, -0.25) is 4.40 Å². The summed E-state index contributed by atoms with van der Waals surface area (Å²) in [6, 6.07) is 6.64. The molecule has 0 unspecified atom stereocenters. The van der Waals surface area contributed by atoms with Crippen LogP contribution in [0, 0.1) is 0 Å². The van der Waals surface area contributed by atoms with Crippen LogP contribution >= 0.6 is 0 Å². The Kier molecular flexibility index (Phi) is 3.69. The molecule has 0 radical (unpaired) electrons. The quantitative estimate of drug-likeness (QED) is 0.737. The van der Waals surface area contributed by atoms with Crippen molar-refractivity contribution >= 4 is 11.7 Å². The Morgan fingerprint density at radius 3 is 2.83 bits per heavy atom. The van der Waals surface area contributed by atoms with Gasteiger partial charge in [-0.25, -0.2) is 0 Å². The lowest BCUT2D eigenvalue weighted by Crippen LogP contribution is -2.33. The number of piperidine rings is 1. The molecule has 3 aromatic heterocycles. The minimum Gasteiger partial charge on any atom is -0.408 e. The van der Waals surface area contributed by atoms with Gasteiger partial charge in [0.05, 0.1) is 0 Å². The first kappa shape index (κ1) is 14.2. The molecule has 7 nitrogen and oxygen atoms in total. The van der Waals surface area contributed by atoms with Crippen molar-refractivity contribution in [2.45, 2.75) is 38.5 Å². The summed E-state index contributed by atoms with van der Waals surface area (Å²) in [7, 11) is 0. The second-order valence-electron chi connectivity index (χ2n) is 5.98. The highest BCUT2D eigenvalue weighted by Gasteiger charge is 2.26. The van der Waals surface area contributed by atoms with E-state index in [2.05, 4.69) is 36.6 Å². The summed E-state index contributed by atoms with van der Waals surface area (Å²) in [5.74, 6) is 2.20. The smallest absolute Gasteiger partial charge is 0.318 e. The van der Waals surface area contributed by atoms with E-state index in [1.807, 2.05) is 24.4 Å². The average Bonchev–Trinajstić information content (AvgIpc) is 3.22. The van der Waals surface area contributed by atoms with Gasteiger partial charge in [-0.05, 0) is 31.4 Å². The Hall–Kier alpha value is -2.44. The fourth-order valence-corrected chi connectivity index (χ4v) is 3.15. The predicted octanol–water partition coefficient (Wildman–Crippen LogP) is 2.45. The monoisotopic (exact) mass is 312 g/mol. The van der Waals surface area contributed by atoms with Crippen LogP contribution in [-0.2, 0) is 6.42 Å². The van der Waals surface area contributed by atoms with Gasteiger partial charge in [-0.15, -0.1) is 15.3 Å². The fraction of sp³-hybridized carbons (Fsp3) is 0.500. The molecule has 3 aromatic rings. The number of aryl methyl sites for hydroxylation is 1. The summed E-state index contributed by atoms with van der Waals surface area (Å²) in [6.45, 7) is 3.92. The van der Waals surface area contributed by atoms with Gasteiger partial charge >= 0.3 is 6.01 Å². The van der Waals surface area contributed by atoms with Crippen molar-refractivity contribution in [2.24, 2.45) is 0 Å². The van der Waals surface area contributed by atoms with Gasteiger partial charge < -0.3 is 9.32 Å². The van der Waals surface area contributed by atoms with Gasteiger partial charge in [-0.2, -0.15) is 0 Å². The highest BCUT2D eigenvalue weighted by atomic mass is 16.4. The molecule has 0 saturated carbocycles. The largest absolute Gasteiger partial charge is 0.408 e. The third-order valence-electron chi connectivity index (χ3n) is 4.39. The van der Waals surface area contributed by atoms with Gasteiger partial charge in [0.2, 0.25) is 5.89 Å². The molecule has 1 saturated heterocycles. The van der Waals surface area contributed by atoms with Gasteiger partial charge in [-0.1, -0.05) is 18.1 Å². The number of hydrogen-bond acceptors (Lipinski definition) is 6. The van der Waals surface area contributed by atoms with E-state index in [0.717, 1.165) is 56.1 Å². The maximum absolute atomic E-state index is 5.73. The number of pyridine rings is 1. The van der Waals surface area contributed by atoms with Crippen LogP contribution in [-0.4, -0.2) is 37.9 Å². The first-order chi connectivity index (χ1) is 11.3. The Morgan fingerprint density at radius 1 is 1.13 bits per heavy atom. The Balaban J connectivity index is 1.46. The lowest BCUT2D eigenvalue weighted by Gasteiger charge is -2.29. The summed E-state index contributed by atoms with van der Waals surface area (Å²) in [6.07, 6.45) is 5.92. The number of anilines is 1. The maximum atomic E-state index is 5.73. The highest BCUT2D eigenvalue weighted by molar-refractivity contribution is 5.38. The van der Waals surface area contributed by atoms with Crippen molar-refractivity contribution in [1.82, 2.24) is 24.8 Å². The minimum atomic E-state index is 0.418. The SMILES string of the molecule is CCCc1nnc(N2CCC(c3nnc4ccccn34)CC2)o1.